The first-order valence-corrected chi connectivity index (χ1v) is 11.9. The Kier molecular flexibility index (Phi) is 9.17. The predicted molar refractivity (Wildman–Crippen MR) is 120 cm³/mol. The highest BCUT2D eigenvalue weighted by Crippen LogP contribution is 2.33. The van der Waals surface area contributed by atoms with E-state index in [2.05, 4.69) is 15.5 Å². The number of piperidine rings is 2. The van der Waals surface area contributed by atoms with Crippen molar-refractivity contribution in [3.8, 4) is 0 Å². The number of imide groups is 1. The highest BCUT2D eigenvalue weighted by atomic mass is 19.1. The number of rotatable bonds is 11. The normalized spacial score (nSPS) is 20.0. The molecule has 2 saturated heterocycles. The maximum absolute atomic E-state index is 14.8. The van der Waals surface area contributed by atoms with Crippen LogP contribution in [0.2, 0.25) is 0 Å². The molecule has 0 radical (unpaired) electrons. The summed E-state index contributed by atoms with van der Waals surface area (Å²) in [6, 6.07) is 1.59. The lowest BCUT2D eigenvalue weighted by Gasteiger charge is -2.32. The second-order valence-electron chi connectivity index (χ2n) is 9.03. The van der Waals surface area contributed by atoms with E-state index >= 15 is 0 Å². The van der Waals surface area contributed by atoms with Crippen molar-refractivity contribution in [1.82, 2.24) is 10.2 Å². The molecule has 1 unspecified atom stereocenters. The number of aliphatic carboxylic acids is 1. The van der Waals surface area contributed by atoms with E-state index in [1.54, 1.807) is 0 Å². The van der Waals surface area contributed by atoms with Gasteiger partial charge in [0, 0.05) is 18.9 Å². The number of carboxylic acid groups (broad SMARTS) is 1. The zero-order chi connectivity index (χ0) is 23.8. The second-order valence-corrected chi connectivity index (χ2v) is 9.03. The van der Waals surface area contributed by atoms with Gasteiger partial charge in [-0.05, 0) is 69.3 Å². The number of halogens is 2. The van der Waals surface area contributed by atoms with Gasteiger partial charge >= 0.3 is 5.97 Å². The number of nitrogens with zero attached hydrogens (tertiary/aromatic N) is 1. The second kappa shape index (κ2) is 12.1. The summed E-state index contributed by atoms with van der Waals surface area (Å²) in [5.41, 5.74) is 0.311. The SMILES string of the molecule is O=C(O)CCCCCCCN1CCC(c2cc(F)c(NC3CCC(=O)NC3=O)cc2F)CC1. The standard InChI is InChI=1S/C24H33F2N3O4/c25-18-15-21(27-20-7-8-22(30)28-24(20)33)19(26)14-17(18)16-9-12-29(13-10-16)11-5-3-1-2-4-6-23(31)32/h14-16,20,27H,1-13H2,(H,31,32)(H,28,30,33). The van der Waals surface area contributed by atoms with Crippen molar-refractivity contribution >= 4 is 23.5 Å². The van der Waals surface area contributed by atoms with E-state index < -0.39 is 29.6 Å². The molecule has 1 aromatic carbocycles. The lowest BCUT2D eigenvalue weighted by Crippen LogP contribution is -2.47. The van der Waals surface area contributed by atoms with Crippen LogP contribution in [0.3, 0.4) is 0 Å². The van der Waals surface area contributed by atoms with Crippen molar-refractivity contribution in [2.24, 2.45) is 0 Å². The minimum Gasteiger partial charge on any atom is -0.481 e. The quantitative estimate of drug-likeness (QED) is 0.340. The minimum atomic E-state index is -0.761. The Hall–Kier alpha value is -2.55. The Bertz CT molecular complexity index is 856. The molecule has 9 heteroatoms. The molecule has 3 N–H and O–H groups in total. The van der Waals surface area contributed by atoms with Crippen LogP contribution in [-0.4, -0.2) is 53.5 Å². The van der Waals surface area contributed by atoms with E-state index in [1.807, 2.05) is 0 Å². The number of unbranched alkanes of at least 4 members (excludes halogenated alkanes) is 4. The van der Waals surface area contributed by atoms with Gasteiger partial charge in [0.15, 0.2) is 0 Å². The Morgan fingerprint density at radius 2 is 1.73 bits per heavy atom. The van der Waals surface area contributed by atoms with Gasteiger partial charge in [-0.15, -0.1) is 0 Å². The van der Waals surface area contributed by atoms with E-state index in [4.69, 9.17) is 5.11 Å². The third-order valence-electron chi connectivity index (χ3n) is 6.55. The van der Waals surface area contributed by atoms with Gasteiger partial charge in [-0.25, -0.2) is 8.78 Å². The summed E-state index contributed by atoms with van der Waals surface area (Å²) in [6.07, 6.45) is 6.99. The molecule has 0 aromatic heterocycles. The fourth-order valence-corrected chi connectivity index (χ4v) is 4.61. The number of carboxylic acids is 1. The molecule has 33 heavy (non-hydrogen) atoms. The predicted octanol–water partition coefficient (Wildman–Crippen LogP) is 3.79. The number of amides is 2. The molecule has 1 aromatic rings. The number of nitrogens with one attached hydrogen (secondary N) is 2. The lowest BCUT2D eigenvalue weighted by molar-refractivity contribution is -0.137. The smallest absolute Gasteiger partial charge is 0.303 e. The fraction of sp³-hybridized carbons (Fsp3) is 0.625. The molecule has 1 atom stereocenters. The third kappa shape index (κ3) is 7.48. The van der Waals surface area contributed by atoms with E-state index in [1.165, 1.54) is 6.07 Å². The summed E-state index contributed by atoms with van der Waals surface area (Å²) in [5.74, 6) is -2.75. The van der Waals surface area contributed by atoms with Gasteiger partial charge in [-0.1, -0.05) is 19.3 Å². The van der Waals surface area contributed by atoms with Crippen LogP contribution in [0.4, 0.5) is 14.5 Å². The number of hydrogen-bond donors (Lipinski definition) is 3. The molecule has 2 aliphatic rings. The summed E-state index contributed by atoms with van der Waals surface area (Å²) < 4.78 is 29.5. The molecule has 2 heterocycles. The van der Waals surface area contributed by atoms with Crippen molar-refractivity contribution in [2.75, 3.05) is 25.0 Å². The molecular weight excluding hydrogens is 432 g/mol. The zero-order valence-corrected chi connectivity index (χ0v) is 18.9. The van der Waals surface area contributed by atoms with E-state index in [0.29, 0.717) is 5.56 Å². The maximum atomic E-state index is 14.8. The van der Waals surface area contributed by atoms with Crippen LogP contribution in [0.1, 0.15) is 75.7 Å². The minimum absolute atomic E-state index is 0.0450. The van der Waals surface area contributed by atoms with E-state index in [-0.39, 0.29) is 36.8 Å². The topological polar surface area (TPSA) is 98.7 Å². The number of likely N-dealkylation sites (tertiary alicyclic amines) is 1. The van der Waals surface area contributed by atoms with Gasteiger partial charge in [-0.3, -0.25) is 19.7 Å². The van der Waals surface area contributed by atoms with Gasteiger partial charge in [0.1, 0.15) is 17.7 Å². The van der Waals surface area contributed by atoms with Crippen molar-refractivity contribution in [3.05, 3.63) is 29.3 Å². The molecular formula is C24H33F2N3O4. The van der Waals surface area contributed by atoms with Crippen molar-refractivity contribution < 1.29 is 28.3 Å². The first-order chi connectivity index (χ1) is 15.8. The van der Waals surface area contributed by atoms with Gasteiger partial charge < -0.3 is 15.3 Å². The molecule has 7 nitrogen and oxygen atoms in total. The summed E-state index contributed by atoms with van der Waals surface area (Å²) >= 11 is 0. The fourth-order valence-electron chi connectivity index (χ4n) is 4.61. The average Bonchev–Trinajstić information content (AvgIpc) is 2.77. The molecule has 0 aliphatic carbocycles. The van der Waals surface area contributed by atoms with E-state index in [9.17, 15) is 23.2 Å². The summed E-state index contributed by atoms with van der Waals surface area (Å²) in [4.78, 5) is 36.0. The first-order valence-electron chi connectivity index (χ1n) is 11.9. The van der Waals surface area contributed by atoms with Crippen LogP contribution in [0.5, 0.6) is 0 Å². The Morgan fingerprint density at radius 3 is 2.42 bits per heavy atom. The molecule has 0 spiro atoms. The van der Waals surface area contributed by atoms with Crippen molar-refractivity contribution in [3.63, 3.8) is 0 Å². The summed E-state index contributed by atoms with van der Waals surface area (Å²) in [6.45, 7) is 2.64. The monoisotopic (exact) mass is 465 g/mol. The van der Waals surface area contributed by atoms with Crippen LogP contribution in [0.25, 0.3) is 0 Å². The maximum Gasteiger partial charge on any atom is 0.303 e. The Labute approximate surface area is 192 Å². The summed E-state index contributed by atoms with van der Waals surface area (Å²) in [5, 5.41) is 13.6. The van der Waals surface area contributed by atoms with Crippen LogP contribution in [0, 0.1) is 11.6 Å². The lowest BCUT2D eigenvalue weighted by atomic mass is 9.88. The highest BCUT2D eigenvalue weighted by Gasteiger charge is 2.28. The van der Waals surface area contributed by atoms with Crippen LogP contribution in [0.15, 0.2) is 12.1 Å². The number of anilines is 1. The zero-order valence-electron chi connectivity index (χ0n) is 18.9. The van der Waals surface area contributed by atoms with Gasteiger partial charge in [-0.2, -0.15) is 0 Å². The van der Waals surface area contributed by atoms with Crippen LogP contribution >= 0.6 is 0 Å². The molecule has 2 amide bonds. The van der Waals surface area contributed by atoms with Crippen LogP contribution < -0.4 is 10.6 Å². The van der Waals surface area contributed by atoms with E-state index in [0.717, 1.165) is 70.6 Å². The molecule has 182 valence electrons. The number of hydrogen-bond acceptors (Lipinski definition) is 5. The van der Waals surface area contributed by atoms with Gasteiger partial charge in [0.2, 0.25) is 11.8 Å². The molecule has 0 saturated carbocycles. The van der Waals surface area contributed by atoms with Crippen LogP contribution in [-0.2, 0) is 14.4 Å². The Balaban J connectivity index is 1.43. The highest BCUT2D eigenvalue weighted by molar-refractivity contribution is 6.01. The molecule has 2 aliphatic heterocycles. The third-order valence-corrected chi connectivity index (χ3v) is 6.55. The first kappa shape index (κ1) is 25.1. The summed E-state index contributed by atoms with van der Waals surface area (Å²) in [7, 11) is 0. The molecule has 0 bridgehead atoms. The number of carbonyl (C=O) groups excluding carboxylic acids is 2. The average molecular weight is 466 g/mol. The van der Waals surface area contributed by atoms with Crippen molar-refractivity contribution in [1.29, 1.82) is 0 Å². The Morgan fingerprint density at radius 1 is 1.03 bits per heavy atom. The van der Waals surface area contributed by atoms with Gasteiger partial charge in [0.25, 0.3) is 0 Å². The number of carbonyl (C=O) groups is 3. The number of benzene rings is 1. The largest absolute Gasteiger partial charge is 0.481 e. The van der Waals surface area contributed by atoms with Gasteiger partial charge in [0.05, 0.1) is 5.69 Å². The molecule has 2 fully saturated rings. The van der Waals surface area contributed by atoms with Crippen molar-refractivity contribution in [2.45, 2.75) is 76.2 Å². The molecule has 3 rings (SSSR count).